The summed E-state index contributed by atoms with van der Waals surface area (Å²) < 4.78 is 17.7. The molecule has 1 atom stereocenters. The first-order valence-corrected chi connectivity index (χ1v) is 3.67. The summed E-state index contributed by atoms with van der Waals surface area (Å²) in [6.45, 7) is 1.44. The molecule has 0 bridgehead atoms. The predicted molar refractivity (Wildman–Crippen MR) is 43.5 cm³/mol. The molecule has 0 aliphatic rings. The van der Waals surface area contributed by atoms with Gasteiger partial charge in [-0.2, -0.15) is 4.39 Å². The minimum absolute atomic E-state index is 0.0752. The van der Waals surface area contributed by atoms with Gasteiger partial charge in [0.15, 0.2) is 11.9 Å². The highest BCUT2D eigenvalue weighted by molar-refractivity contribution is 5.78. The Hall–Kier alpha value is -1.65. The smallest absolute Gasteiger partial charge is 0.258 e. The zero-order valence-electron chi connectivity index (χ0n) is 7.03. The second-order valence-electron chi connectivity index (χ2n) is 2.45. The van der Waals surface area contributed by atoms with Gasteiger partial charge in [-0.25, -0.2) is 4.98 Å². The first kappa shape index (κ1) is 9.44. The Balaban J connectivity index is 2.74. The van der Waals surface area contributed by atoms with Crippen LogP contribution in [0.2, 0.25) is 0 Å². The molecule has 13 heavy (non-hydrogen) atoms. The van der Waals surface area contributed by atoms with E-state index in [0.29, 0.717) is 0 Å². The van der Waals surface area contributed by atoms with Crippen LogP contribution in [0.25, 0.3) is 0 Å². The molecule has 1 aromatic rings. The fourth-order valence-corrected chi connectivity index (χ4v) is 0.708. The lowest BCUT2D eigenvalue weighted by molar-refractivity contribution is -0.124. The summed E-state index contributed by atoms with van der Waals surface area (Å²) in [5.41, 5.74) is 4.93. The van der Waals surface area contributed by atoms with Crippen molar-refractivity contribution in [3.8, 4) is 5.75 Å². The lowest BCUT2D eigenvalue weighted by Gasteiger charge is -2.10. The molecule has 1 rings (SSSR count). The van der Waals surface area contributed by atoms with Crippen LogP contribution in [0, 0.1) is 5.95 Å². The zero-order chi connectivity index (χ0) is 9.84. The van der Waals surface area contributed by atoms with Crippen molar-refractivity contribution in [2.24, 2.45) is 5.73 Å². The van der Waals surface area contributed by atoms with Gasteiger partial charge in [-0.1, -0.05) is 0 Å². The second-order valence-corrected chi connectivity index (χ2v) is 2.45. The van der Waals surface area contributed by atoms with Crippen molar-refractivity contribution in [1.29, 1.82) is 0 Å². The molecule has 0 aliphatic heterocycles. The maximum Gasteiger partial charge on any atom is 0.258 e. The van der Waals surface area contributed by atoms with E-state index in [1.54, 1.807) is 0 Å². The van der Waals surface area contributed by atoms with Gasteiger partial charge in [-0.05, 0) is 19.1 Å². The molecule has 70 valence electrons. The van der Waals surface area contributed by atoms with E-state index < -0.39 is 18.0 Å². The number of carbonyl (C=O) groups excluding carboxylic acids is 1. The van der Waals surface area contributed by atoms with Crippen molar-refractivity contribution < 1.29 is 13.9 Å². The summed E-state index contributed by atoms with van der Waals surface area (Å²) in [5, 5.41) is 0. The van der Waals surface area contributed by atoms with Crippen LogP contribution in [0.1, 0.15) is 6.92 Å². The van der Waals surface area contributed by atoms with E-state index in [9.17, 15) is 9.18 Å². The van der Waals surface area contributed by atoms with Crippen LogP contribution in [0.15, 0.2) is 18.3 Å². The lowest BCUT2D eigenvalue weighted by Crippen LogP contribution is -2.30. The fourth-order valence-electron chi connectivity index (χ4n) is 0.708. The van der Waals surface area contributed by atoms with Crippen LogP contribution < -0.4 is 10.5 Å². The molecular formula is C8H9FN2O2. The van der Waals surface area contributed by atoms with Crippen molar-refractivity contribution in [3.05, 3.63) is 24.3 Å². The number of hydrogen-bond acceptors (Lipinski definition) is 3. The Morgan fingerprint density at radius 2 is 2.46 bits per heavy atom. The molecule has 0 saturated carbocycles. The topological polar surface area (TPSA) is 65.2 Å². The molecule has 0 saturated heterocycles. The van der Waals surface area contributed by atoms with Gasteiger partial charge >= 0.3 is 0 Å². The van der Waals surface area contributed by atoms with Crippen molar-refractivity contribution >= 4 is 5.91 Å². The van der Waals surface area contributed by atoms with Crippen molar-refractivity contribution in [1.82, 2.24) is 4.98 Å². The molecule has 1 aromatic heterocycles. The molecule has 0 radical (unpaired) electrons. The second kappa shape index (κ2) is 3.84. The number of aromatic nitrogens is 1. The SMILES string of the molecule is CC(Oc1cccnc1F)C(N)=O. The normalized spacial score (nSPS) is 12.2. The fraction of sp³-hybridized carbons (Fsp3) is 0.250. The van der Waals surface area contributed by atoms with Crippen molar-refractivity contribution in [2.45, 2.75) is 13.0 Å². The van der Waals surface area contributed by atoms with Crippen LogP contribution in [0.3, 0.4) is 0 Å². The Labute approximate surface area is 74.5 Å². The number of amides is 1. The molecule has 2 N–H and O–H groups in total. The third kappa shape index (κ3) is 2.40. The number of rotatable bonds is 3. The maximum atomic E-state index is 12.8. The first-order valence-electron chi connectivity index (χ1n) is 3.67. The monoisotopic (exact) mass is 184 g/mol. The van der Waals surface area contributed by atoms with E-state index in [0.717, 1.165) is 0 Å². The molecule has 0 spiro atoms. The Morgan fingerprint density at radius 3 is 3.00 bits per heavy atom. The number of hydrogen-bond donors (Lipinski definition) is 1. The molecule has 5 heteroatoms. The largest absolute Gasteiger partial charge is 0.476 e. The van der Waals surface area contributed by atoms with Crippen LogP contribution in [-0.4, -0.2) is 17.0 Å². The van der Waals surface area contributed by atoms with Gasteiger partial charge in [0, 0.05) is 6.20 Å². The van der Waals surface area contributed by atoms with Crippen LogP contribution in [0.5, 0.6) is 5.75 Å². The van der Waals surface area contributed by atoms with Crippen LogP contribution in [0.4, 0.5) is 4.39 Å². The molecule has 0 fully saturated rings. The third-order valence-corrected chi connectivity index (χ3v) is 1.43. The summed E-state index contributed by atoms with van der Waals surface area (Å²) in [4.78, 5) is 13.9. The standard InChI is InChI=1S/C8H9FN2O2/c1-5(8(10)12)13-6-3-2-4-11-7(6)9/h2-5H,1H3,(H2,10,12). The van der Waals surface area contributed by atoms with E-state index in [2.05, 4.69) is 4.98 Å². The number of pyridine rings is 1. The molecule has 1 unspecified atom stereocenters. The van der Waals surface area contributed by atoms with Crippen molar-refractivity contribution in [2.75, 3.05) is 0 Å². The minimum Gasteiger partial charge on any atom is -0.476 e. The molecule has 1 amide bonds. The van der Waals surface area contributed by atoms with E-state index in [1.165, 1.54) is 25.3 Å². The minimum atomic E-state index is -0.862. The summed E-state index contributed by atoms with van der Waals surface area (Å²) in [7, 11) is 0. The predicted octanol–water partition coefficient (Wildman–Crippen LogP) is 0.473. The highest BCUT2D eigenvalue weighted by Crippen LogP contribution is 2.14. The third-order valence-electron chi connectivity index (χ3n) is 1.43. The molecule has 4 nitrogen and oxygen atoms in total. The first-order chi connectivity index (χ1) is 6.11. The van der Waals surface area contributed by atoms with Gasteiger partial charge < -0.3 is 10.5 Å². The summed E-state index contributed by atoms with van der Waals surface area (Å²) in [6, 6.07) is 2.88. The van der Waals surface area contributed by atoms with Crippen LogP contribution >= 0.6 is 0 Å². The highest BCUT2D eigenvalue weighted by Gasteiger charge is 2.12. The number of ether oxygens (including phenoxy) is 1. The number of halogens is 1. The number of carbonyl (C=O) groups is 1. The number of nitrogens with zero attached hydrogens (tertiary/aromatic N) is 1. The van der Waals surface area contributed by atoms with Crippen molar-refractivity contribution in [3.63, 3.8) is 0 Å². The number of primary amides is 1. The average molecular weight is 184 g/mol. The van der Waals surface area contributed by atoms with Gasteiger partial charge in [0.2, 0.25) is 0 Å². The molecular weight excluding hydrogens is 175 g/mol. The molecule has 1 heterocycles. The maximum absolute atomic E-state index is 12.8. The zero-order valence-corrected chi connectivity index (χ0v) is 7.03. The van der Waals surface area contributed by atoms with Gasteiger partial charge in [0.25, 0.3) is 11.9 Å². The van der Waals surface area contributed by atoms with Gasteiger partial charge in [-0.15, -0.1) is 0 Å². The van der Waals surface area contributed by atoms with Gasteiger partial charge in [0.1, 0.15) is 0 Å². The Bertz CT molecular complexity index is 317. The summed E-state index contributed by atoms with van der Waals surface area (Å²) in [6.07, 6.45) is 0.427. The summed E-state index contributed by atoms with van der Waals surface area (Å²) >= 11 is 0. The Morgan fingerprint density at radius 1 is 1.77 bits per heavy atom. The lowest BCUT2D eigenvalue weighted by atomic mass is 10.4. The highest BCUT2D eigenvalue weighted by atomic mass is 19.1. The number of nitrogens with two attached hydrogens (primary N) is 1. The Kier molecular flexibility index (Phi) is 2.79. The average Bonchev–Trinajstić information content (AvgIpc) is 2.08. The van der Waals surface area contributed by atoms with Gasteiger partial charge in [-0.3, -0.25) is 4.79 Å². The van der Waals surface area contributed by atoms with E-state index >= 15 is 0 Å². The van der Waals surface area contributed by atoms with E-state index in [1.807, 2.05) is 0 Å². The molecule has 0 aromatic carbocycles. The quantitative estimate of drug-likeness (QED) is 0.694. The molecule has 0 aliphatic carbocycles. The van der Waals surface area contributed by atoms with Gasteiger partial charge in [0.05, 0.1) is 0 Å². The van der Waals surface area contributed by atoms with Crippen LogP contribution in [-0.2, 0) is 4.79 Å². The summed E-state index contributed by atoms with van der Waals surface area (Å²) in [5.74, 6) is -1.48. The van der Waals surface area contributed by atoms with E-state index in [-0.39, 0.29) is 5.75 Å². The van der Waals surface area contributed by atoms with E-state index in [4.69, 9.17) is 10.5 Å².